The van der Waals surface area contributed by atoms with Crippen molar-refractivity contribution in [2.45, 2.75) is 46.2 Å². The Morgan fingerprint density at radius 1 is 1.44 bits per heavy atom. The van der Waals surface area contributed by atoms with Crippen molar-refractivity contribution in [1.82, 2.24) is 15.2 Å². The van der Waals surface area contributed by atoms with E-state index in [1.165, 1.54) is 43.0 Å². The van der Waals surface area contributed by atoms with Gasteiger partial charge in [-0.1, -0.05) is 13.8 Å². The number of aryl methyl sites for hydroxylation is 1. The smallest absolute Gasteiger partial charge is 0.0798 e. The highest BCUT2D eigenvalue weighted by Gasteiger charge is 2.19. The summed E-state index contributed by atoms with van der Waals surface area (Å²) in [6, 6.07) is 0.690. The molecule has 0 unspecified atom stereocenters. The van der Waals surface area contributed by atoms with Crippen LogP contribution in [0.3, 0.4) is 0 Å². The summed E-state index contributed by atoms with van der Waals surface area (Å²) in [7, 11) is 0. The molecule has 1 aliphatic heterocycles. The fraction of sp³-hybridized carbons (Fsp3) is 0.786. The van der Waals surface area contributed by atoms with E-state index in [0.717, 1.165) is 12.5 Å². The molecule has 102 valence electrons. The molecule has 0 bridgehead atoms. The minimum absolute atomic E-state index is 0.690. The molecule has 1 saturated heterocycles. The van der Waals surface area contributed by atoms with Gasteiger partial charge in [-0.05, 0) is 38.8 Å². The van der Waals surface area contributed by atoms with Crippen LogP contribution in [0.15, 0.2) is 5.51 Å². The van der Waals surface area contributed by atoms with E-state index in [2.05, 4.69) is 36.0 Å². The average molecular weight is 267 g/mol. The molecule has 0 aliphatic carbocycles. The van der Waals surface area contributed by atoms with Gasteiger partial charge in [0.25, 0.3) is 0 Å². The maximum Gasteiger partial charge on any atom is 0.0798 e. The first-order valence-electron chi connectivity index (χ1n) is 7.00. The number of hydrogen-bond donors (Lipinski definition) is 1. The summed E-state index contributed by atoms with van der Waals surface area (Å²) >= 11 is 1.76. The van der Waals surface area contributed by atoms with Gasteiger partial charge in [0.05, 0.1) is 11.2 Å². The Labute approximate surface area is 115 Å². The monoisotopic (exact) mass is 267 g/mol. The molecule has 0 radical (unpaired) electrons. The molecule has 2 rings (SSSR count). The normalized spacial score (nSPS) is 18.7. The second-order valence-corrected chi connectivity index (χ2v) is 6.65. The van der Waals surface area contributed by atoms with Crippen LogP contribution in [-0.4, -0.2) is 35.6 Å². The third kappa shape index (κ3) is 4.04. The number of hydrogen-bond acceptors (Lipinski definition) is 4. The Morgan fingerprint density at radius 3 is 2.72 bits per heavy atom. The average Bonchev–Trinajstić information content (AvgIpc) is 2.73. The van der Waals surface area contributed by atoms with E-state index < -0.39 is 0 Å². The number of nitrogens with zero attached hydrogens (tertiary/aromatic N) is 2. The Balaban J connectivity index is 1.69. The summed E-state index contributed by atoms with van der Waals surface area (Å²) in [5.74, 6) is 0.786. The predicted octanol–water partition coefficient (Wildman–Crippen LogP) is 2.66. The van der Waals surface area contributed by atoms with Gasteiger partial charge < -0.3 is 10.2 Å². The molecule has 2 heterocycles. The highest BCUT2D eigenvalue weighted by Crippen LogP contribution is 2.15. The molecule has 18 heavy (non-hydrogen) atoms. The first kappa shape index (κ1) is 14.0. The Morgan fingerprint density at radius 2 is 2.17 bits per heavy atom. The minimum atomic E-state index is 0.690. The highest BCUT2D eigenvalue weighted by molar-refractivity contribution is 7.09. The van der Waals surface area contributed by atoms with E-state index in [-0.39, 0.29) is 0 Å². The zero-order chi connectivity index (χ0) is 13.0. The molecule has 0 aromatic carbocycles. The molecule has 4 heteroatoms. The van der Waals surface area contributed by atoms with Crippen molar-refractivity contribution in [3.8, 4) is 0 Å². The van der Waals surface area contributed by atoms with Crippen LogP contribution in [0.25, 0.3) is 0 Å². The third-order valence-corrected chi connectivity index (χ3v) is 4.54. The molecule has 0 amide bonds. The van der Waals surface area contributed by atoms with Crippen LogP contribution in [0.5, 0.6) is 0 Å². The molecule has 3 nitrogen and oxygen atoms in total. The number of thiazole rings is 1. The van der Waals surface area contributed by atoms with Crippen molar-refractivity contribution >= 4 is 11.3 Å². The summed E-state index contributed by atoms with van der Waals surface area (Å²) in [4.78, 5) is 8.28. The maximum atomic E-state index is 4.30. The predicted molar refractivity (Wildman–Crippen MR) is 78.0 cm³/mol. The largest absolute Gasteiger partial charge is 0.309 e. The Hall–Kier alpha value is -0.450. The summed E-state index contributed by atoms with van der Waals surface area (Å²) in [5.41, 5.74) is 3.13. The molecule has 0 atom stereocenters. The van der Waals surface area contributed by atoms with Crippen molar-refractivity contribution in [2.75, 3.05) is 19.6 Å². The first-order valence-corrected chi connectivity index (χ1v) is 7.88. The molecular weight excluding hydrogens is 242 g/mol. The lowest BCUT2D eigenvalue weighted by Gasteiger charge is -2.33. The minimum Gasteiger partial charge on any atom is -0.309 e. The first-order chi connectivity index (χ1) is 8.65. The van der Waals surface area contributed by atoms with Crippen LogP contribution in [0, 0.1) is 12.8 Å². The van der Waals surface area contributed by atoms with Gasteiger partial charge >= 0.3 is 0 Å². The number of piperidine rings is 1. The zero-order valence-electron chi connectivity index (χ0n) is 11.8. The van der Waals surface area contributed by atoms with Crippen molar-refractivity contribution in [3.05, 3.63) is 16.1 Å². The third-order valence-electron chi connectivity index (χ3n) is 3.61. The van der Waals surface area contributed by atoms with Gasteiger partial charge in [0.1, 0.15) is 0 Å². The summed E-state index contributed by atoms with van der Waals surface area (Å²) in [5, 5.41) is 3.68. The fourth-order valence-electron chi connectivity index (χ4n) is 2.57. The molecular formula is C14H25N3S. The molecule has 1 fully saturated rings. The van der Waals surface area contributed by atoms with Gasteiger partial charge in [0.2, 0.25) is 0 Å². The van der Waals surface area contributed by atoms with Gasteiger partial charge in [-0.25, -0.2) is 4.98 Å². The second kappa shape index (κ2) is 6.64. The van der Waals surface area contributed by atoms with Crippen molar-refractivity contribution < 1.29 is 0 Å². The molecule has 1 N–H and O–H groups in total. The standard InChI is InChI=1S/C14H25N3S/c1-11(2)9-17-6-4-13(5-7-17)15-8-14-12(3)16-10-18-14/h10-11,13,15H,4-9H2,1-3H3. The number of aromatic nitrogens is 1. The number of likely N-dealkylation sites (tertiary alicyclic amines) is 1. The van der Waals surface area contributed by atoms with E-state index in [9.17, 15) is 0 Å². The summed E-state index contributed by atoms with van der Waals surface area (Å²) < 4.78 is 0. The second-order valence-electron chi connectivity index (χ2n) is 5.71. The Bertz CT molecular complexity index is 354. The van der Waals surface area contributed by atoms with Crippen molar-refractivity contribution in [2.24, 2.45) is 5.92 Å². The lowest BCUT2D eigenvalue weighted by Crippen LogP contribution is -2.43. The van der Waals surface area contributed by atoms with Crippen LogP contribution < -0.4 is 5.32 Å². The number of rotatable bonds is 5. The topological polar surface area (TPSA) is 28.2 Å². The summed E-state index contributed by atoms with van der Waals surface area (Å²) in [6.45, 7) is 11.4. The van der Waals surface area contributed by atoms with Crippen LogP contribution in [0.2, 0.25) is 0 Å². The summed E-state index contributed by atoms with van der Waals surface area (Å²) in [6.07, 6.45) is 2.56. The van der Waals surface area contributed by atoms with Crippen LogP contribution in [0.4, 0.5) is 0 Å². The quantitative estimate of drug-likeness (QED) is 0.889. The van der Waals surface area contributed by atoms with Gasteiger partial charge in [-0.2, -0.15) is 0 Å². The maximum absolute atomic E-state index is 4.30. The molecule has 1 aromatic rings. The molecule has 0 saturated carbocycles. The van der Waals surface area contributed by atoms with Crippen LogP contribution in [0.1, 0.15) is 37.3 Å². The lowest BCUT2D eigenvalue weighted by atomic mass is 10.0. The van der Waals surface area contributed by atoms with E-state index >= 15 is 0 Å². The zero-order valence-corrected chi connectivity index (χ0v) is 12.6. The van der Waals surface area contributed by atoms with Crippen molar-refractivity contribution in [3.63, 3.8) is 0 Å². The van der Waals surface area contributed by atoms with Gasteiger partial charge in [-0.15, -0.1) is 11.3 Å². The van der Waals surface area contributed by atoms with E-state index in [4.69, 9.17) is 0 Å². The van der Waals surface area contributed by atoms with Crippen molar-refractivity contribution in [1.29, 1.82) is 0 Å². The fourth-order valence-corrected chi connectivity index (χ4v) is 3.30. The molecule has 1 aliphatic rings. The molecule has 0 spiro atoms. The highest BCUT2D eigenvalue weighted by atomic mass is 32.1. The van der Waals surface area contributed by atoms with Gasteiger partial charge in [0.15, 0.2) is 0 Å². The van der Waals surface area contributed by atoms with E-state index in [1.54, 1.807) is 11.3 Å². The molecule has 1 aromatic heterocycles. The van der Waals surface area contributed by atoms with Gasteiger partial charge in [-0.3, -0.25) is 0 Å². The van der Waals surface area contributed by atoms with E-state index in [1.807, 2.05) is 5.51 Å². The van der Waals surface area contributed by atoms with Crippen LogP contribution in [-0.2, 0) is 6.54 Å². The Kier molecular flexibility index (Phi) is 5.15. The number of nitrogens with one attached hydrogen (secondary N) is 1. The van der Waals surface area contributed by atoms with Gasteiger partial charge in [0, 0.05) is 24.0 Å². The lowest BCUT2D eigenvalue weighted by molar-refractivity contribution is 0.179. The van der Waals surface area contributed by atoms with E-state index in [0.29, 0.717) is 6.04 Å². The SMILES string of the molecule is Cc1ncsc1CNC1CCN(CC(C)C)CC1. The van der Waals surface area contributed by atoms with Crippen LogP contribution >= 0.6 is 11.3 Å².